The smallest absolute Gasteiger partial charge is 0.280 e. The number of pyridine rings is 1. The number of imidazole rings is 1. The molecule has 3 aromatic rings. The lowest BCUT2D eigenvalue weighted by Gasteiger charge is -2.24. The zero-order valence-corrected chi connectivity index (χ0v) is 17.8. The van der Waals surface area contributed by atoms with Crippen LogP contribution in [0.15, 0.2) is 30.6 Å². The fraction of sp³-hybridized carbons (Fsp3) is 0.455. The zero-order valence-electron chi connectivity index (χ0n) is 17.8. The van der Waals surface area contributed by atoms with Gasteiger partial charge in [0.1, 0.15) is 17.2 Å². The van der Waals surface area contributed by atoms with E-state index in [2.05, 4.69) is 22.2 Å². The standard InChI is InChI=1S/C22H23F2N5O3/c1-3-31-20-18-27-15(22-8-7-21(2,11-22)32-12-22)10-29(18)9-14(26-20)19(30)28-16-6-4-5-13(25-16)17(23)24/h4-6,9-10,17H,3,7-8,11-12H2,1-2H3,(H,25,28,30)/t21-,22-/m0/s1. The van der Waals surface area contributed by atoms with Gasteiger partial charge in [0.05, 0.1) is 24.5 Å². The molecule has 1 amide bonds. The second-order valence-electron chi connectivity index (χ2n) is 8.62. The van der Waals surface area contributed by atoms with Gasteiger partial charge in [-0.3, -0.25) is 9.20 Å². The monoisotopic (exact) mass is 443 g/mol. The van der Waals surface area contributed by atoms with E-state index in [-0.39, 0.29) is 28.4 Å². The van der Waals surface area contributed by atoms with E-state index in [1.54, 1.807) is 10.6 Å². The lowest BCUT2D eigenvalue weighted by Crippen LogP contribution is -2.26. The van der Waals surface area contributed by atoms with Gasteiger partial charge in [-0.2, -0.15) is 0 Å². The summed E-state index contributed by atoms with van der Waals surface area (Å²) in [5, 5.41) is 2.52. The molecule has 10 heteroatoms. The summed E-state index contributed by atoms with van der Waals surface area (Å²) >= 11 is 0. The Morgan fingerprint density at radius 2 is 2.12 bits per heavy atom. The van der Waals surface area contributed by atoms with E-state index in [4.69, 9.17) is 14.5 Å². The van der Waals surface area contributed by atoms with Crippen molar-refractivity contribution in [1.82, 2.24) is 19.4 Å². The Hall–Kier alpha value is -3.14. The van der Waals surface area contributed by atoms with Crippen molar-refractivity contribution in [2.75, 3.05) is 18.5 Å². The number of aromatic nitrogens is 4. The molecule has 3 aromatic heterocycles. The maximum Gasteiger partial charge on any atom is 0.280 e. The number of hydrogen-bond donors (Lipinski definition) is 1. The number of carbonyl (C=O) groups excluding carboxylic acids is 1. The summed E-state index contributed by atoms with van der Waals surface area (Å²) in [4.78, 5) is 25.7. The highest BCUT2D eigenvalue weighted by molar-refractivity contribution is 6.02. The molecular formula is C22H23F2N5O3. The Bertz CT molecular complexity index is 1190. The third kappa shape index (κ3) is 3.48. The number of anilines is 1. The highest BCUT2D eigenvalue weighted by atomic mass is 19.3. The van der Waals surface area contributed by atoms with Gasteiger partial charge in [-0.1, -0.05) is 6.07 Å². The van der Waals surface area contributed by atoms with Crippen LogP contribution in [0, 0.1) is 0 Å². The van der Waals surface area contributed by atoms with Crippen molar-refractivity contribution in [1.29, 1.82) is 0 Å². The molecule has 32 heavy (non-hydrogen) atoms. The number of nitrogens with zero attached hydrogens (tertiary/aromatic N) is 4. The molecule has 2 bridgehead atoms. The van der Waals surface area contributed by atoms with Gasteiger partial charge in [0.15, 0.2) is 0 Å². The van der Waals surface area contributed by atoms with Gasteiger partial charge in [-0.25, -0.2) is 23.7 Å². The van der Waals surface area contributed by atoms with Gasteiger partial charge in [0.25, 0.3) is 18.2 Å². The summed E-state index contributed by atoms with van der Waals surface area (Å²) in [5.41, 5.74) is 0.803. The minimum atomic E-state index is -2.73. The predicted octanol–water partition coefficient (Wildman–Crippen LogP) is 3.92. The largest absolute Gasteiger partial charge is 0.475 e. The number of rotatable bonds is 6. The summed E-state index contributed by atoms with van der Waals surface area (Å²) in [6.07, 6.45) is 3.60. The molecule has 1 aliphatic carbocycles. The first kappa shape index (κ1) is 20.7. The Balaban J connectivity index is 1.49. The van der Waals surface area contributed by atoms with Crippen LogP contribution in [0.1, 0.15) is 61.4 Å². The number of hydrogen-bond acceptors (Lipinski definition) is 6. The summed E-state index contributed by atoms with van der Waals surface area (Å²) in [6, 6.07) is 4.05. The van der Waals surface area contributed by atoms with Crippen molar-refractivity contribution < 1.29 is 23.0 Å². The molecule has 1 saturated heterocycles. The highest BCUT2D eigenvalue weighted by Crippen LogP contribution is 2.53. The molecule has 2 fully saturated rings. The lowest BCUT2D eigenvalue weighted by atomic mass is 9.84. The number of nitrogens with one attached hydrogen (secondary N) is 1. The summed E-state index contributed by atoms with van der Waals surface area (Å²) in [5.74, 6) is -0.333. The average Bonchev–Trinajstić information content (AvgIpc) is 3.45. The predicted molar refractivity (Wildman–Crippen MR) is 111 cm³/mol. The molecule has 0 spiro atoms. The summed E-state index contributed by atoms with van der Waals surface area (Å²) in [7, 11) is 0. The van der Waals surface area contributed by atoms with Gasteiger partial charge < -0.3 is 14.8 Å². The number of halogens is 2. The first-order valence-corrected chi connectivity index (χ1v) is 10.5. The average molecular weight is 443 g/mol. The number of carbonyl (C=O) groups is 1. The molecule has 8 nitrogen and oxygen atoms in total. The van der Waals surface area contributed by atoms with Crippen molar-refractivity contribution in [3.63, 3.8) is 0 Å². The van der Waals surface area contributed by atoms with Crippen LogP contribution in [0.3, 0.4) is 0 Å². The Kier molecular flexibility index (Phi) is 4.85. The van der Waals surface area contributed by atoms with Crippen LogP contribution in [-0.2, 0) is 10.2 Å². The first-order chi connectivity index (χ1) is 15.3. The van der Waals surface area contributed by atoms with E-state index in [0.29, 0.717) is 18.9 Å². The molecule has 168 valence electrons. The second kappa shape index (κ2) is 7.47. The molecule has 5 rings (SSSR count). The minimum absolute atomic E-state index is 0.0196. The van der Waals surface area contributed by atoms with Crippen LogP contribution in [0.5, 0.6) is 5.88 Å². The number of fused-ring (bicyclic) bond motifs is 3. The molecule has 4 heterocycles. The molecule has 1 saturated carbocycles. The number of amides is 1. The highest BCUT2D eigenvalue weighted by Gasteiger charge is 2.55. The van der Waals surface area contributed by atoms with Crippen molar-refractivity contribution in [2.45, 2.75) is 50.6 Å². The van der Waals surface area contributed by atoms with E-state index in [1.807, 2.05) is 13.1 Å². The molecule has 1 aliphatic heterocycles. The van der Waals surface area contributed by atoms with E-state index < -0.39 is 18.0 Å². The van der Waals surface area contributed by atoms with Crippen LogP contribution in [0.25, 0.3) is 5.65 Å². The van der Waals surface area contributed by atoms with Crippen molar-refractivity contribution in [2.24, 2.45) is 0 Å². The van der Waals surface area contributed by atoms with Gasteiger partial charge in [-0.05, 0) is 45.2 Å². The van der Waals surface area contributed by atoms with Gasteiger partial charge in [0, 0.05) is 17.8 Å². The SMILES string of the molecule is CCOc1nc(C(=O)Nc2cccc(C(F)F)n2)cn2cc([C@@]34CC[C@@](C)(C3)OC4)nc12. The van der Waals surface area contributed by atoms with Crippen LogP contribution in [0.4, 0.5) is 14.6 Å². The Morgan fingerprint density at radius 3 is 2.78 bits per heavy atom. The third-order valence-corrected chi connectivity index (χ3v) is 6.24. The van der Waals surface area contributed by atoms with Crippen LogP contribution >= 0.6 is 0 Å². The van der Waals surface area contributed by atoms with E-state index >= 15 is 0 Å². The fourth-order valence-corrected chi connectivity index (χ4v) is 4.64. The fourth-order valence-electron chi connectivity index (χ4n) is 4.64. The van der Waals surface area contributed by atoms with Gasteiger partial charge in [0.2, 0.25) is 5.65 Å². The van der Waals surface area contributed by atoms with Gasteiger partial charge >= 0.3 is 0 Å². The minimum Gasteiger partial charge on any atom is -0.475 e. The molecule has 0 unspecified atom stereocenters. The Morgan fingerprint density at radius 1 is 1.28 bits per heavy atom. The third-order valence-electron chi connectivity index (χ3n) is 6.24. The lowest BCUT2D eigenvalue weighted by molar-refractivity contribution is -0.00627. The van der Waals surface area contributed by atoms with E-state index in [1.165, 1.54) is 18.2 Å². The topological polar surface area (TPSA) is 90.6 Å². The van der Waals surface area contributed by atoms with Crippen LogP contribution in [0.2, 0.25) is 0 Å². The van der Waals surface area contributed by atoms with Gasteiger partial charge in [-0.15, -0.1) is 0 Å². The zero-order chi connectivity index (χ0) is 22.5. The van der Waals surface area contributed by atoms with E-state index in [0.717, 1.165) is 25.0 Å². The van der Waals surface area contributed by atoms with Crippen molar-refractivity contribution >= 4 is 17.4 Å². The quantitative estimate of drug-likeness (QED) is 0.621. The summed E-state index contributed by atoms with van der Waals surface area (Å²) < 4.78 is 39.2. The van der Waals surface area contributed by atoms with Crippen molar-refractivity contribution in [3.8, 4) is 5.88 Å². The molecule has 0 radical (unpaired) electrons. The maximum absolute atomic E-state index is 12.9. The van der Waals surface area contributed by atoms with Crippen molar-refractivity contribution in [3.05, 3.63) is 47.7 Å². The van der Waals surface area contributed by atoms with Crippen LogP contribution < -0.4 is 10.1 Å². The Labute approximate surface area is 183 Å². The molecule has 0 aromatic carbocycles. The number of alkyl halides is 2. The van der Waals surface area contributed by atoms with Crippen LogP contribution in [-0.4, -0.2) is 44.1 Å². The second-order valence-corrected chi connectivity index (χ2v) is 8.62. The normalized spacial score (nSPS) is 24.4. The molecule has 2 aliphatic rings. The maximum atomic E-state index is 12.9. The molecule has 1 N–H and O–H groups in total. The number of ether oxygens (including phenoxy) is 2. The molecular weight excluding hydrogens is 420 g/mol. The summed E-state index contributed by atoms with van der Waals surface area (Å²) in [6.45, 7) is 4.91. The molecule has 2 atom stereocenters. The van der Waals surface area contributed by atoms with E-state index in [9.17, 15) is 13.6 Å². The first-order valence-electron chi connectivity index (χ1n) is 10.5.